The van der Waals surface area contributed by atoms with E-state index in [1.165, 1.54) is 0 Å². The van der Waals surface area contributed by atoms with E-state index in [1.54, 1.807) is 0 Å². The monoisotopic (exact) mass is 197 g/mol. The first-order chi connectivity index (χ1) is 4.15. The number of nitrogens with two attached hydrogens (primary N) is 2. The fourth-order valence-corrected chi connectivity index (χ4v) is 0.118. The van der Waals surface area contributed by atoms with Crippen LogP contribution in [-0.4, -0.2) is 24.2 Å². The van der Waals surface area contributed by atoms with Gasteiger partial charge in [0.2, 0.25) is 0 Å². The second-order valence-electron chi connectivity index (χ2n) is 1.45. The van der Waals surface area contributed by atoms with Crippen molar-refractivity contribution in [1.82, 2.24) is 0 Å². The summed E-state index contributed by atoms with van der Waals surface area (Å²) in [6, 6.07) is 0. The minimum atomic E-state index is -0.833. The maximum Gasteiger partial charge on any atom is 0.300 e. The van der Waals surface area contributed by atoms with Crippen LogP contribution in [0.25, 0.3) is 0 Å². The Morgan fingerprint density at radius 2 is 1.60 bits per heavy atom. The first-order valence-electron chi connectivity index (χ1n) is 2.74. The number of carbonyl (C=O) groups is 1. The van der Waals surface area contributed by atoms with E-state index in [1.807, 2.05) is 0 Å². The molecule has 0 amide bonds. The molecule has 0 heterocycles. The van der Waals surface area contributed by atoms with Crippen molar-refractivity contribution in [2.75, 3.05) is 13.1 Å². The number of rotatable bonds is 2. The van der Waals surface area contributed by atoms with Crippen molar-refractivity contribution in [1.29, 1.82) is 0 Å². The van der Waals surface area contributed by atoms with Gasteiger partial charge in [-0.05, 0) is 19.5 Å². The van der Waals surface area contributed by atoms with E-state index in [4.69, 9.17) is 21.4 Å². The zero-order chi connectivity index (χ0) is 7.70. The van der Waals surface area contributed by atoms with Crippen molar-refractivity contribution in [3.8, 4) is 0 Å². The Morgan fingerprint density at radius 3 is 1.60 bits per heavy atom. The van der Waals surface area contributed by atoms with Crippen LogP contribution in [0.1, 0.15) is 13.3 Å². The summed E-state index contributed by atoms with van der Waals surface area (Å²) in [5.41, 5.74) is 10.1. The van der Waals surface area contributed by atoms with Gasteiger partial charge in [-0.15, -0.1) is 0 Å². The van der Waals surface area contributed by atoms with Gasteiger partial charge in [0, 0.05) is 24.0 Å². The van der Waals surface area contributed by atoms with Crippen molar-refractivity contribution in [3.05, 3.63) is 0 Å². The van der Waals surface area contributed by atoms with Gasteiger partial charge >= 0.3 is 0 Å². The molecular formula is C5H14CuN2O2. The Balaban J connectivity index is -0.0000000910. The molecule has 67 valence electrons. The smallest absolute Gasteiger partial charge is 0.300 e. The third-order valence-corrected chi connectivity index (χ3v) is 0.408. The first-order valence-corrected chi connectivity index (χ1v) is 2.74. The van der Waals surface area contributed by atoms with E-state index < -0.39 is 5.97 Å². The molecule has 0 rings (SSSR count). The fourth-order valence-electron chi connectivity index (χ4n) is 0.118. The van der Waals surface area contributed by atoms with Crippen molar-refractivity contribution >= 4 is 5.97 Å². The summed E-state index contributed by atoms with van der Waals surface area (Å²) in [4.78, 5) is 9.00. The van der Waals surface area contributed by atoms with Gasteiger partial charge in [-0.2, -0.15) is 0 Å². The van der Waals surface area contributed by atoms with Crippen molar-refractivity contribution in [2.45, 2.75) is 13.3 Å². The molecule has 0 atom stereocenters. The van der Waals surface area contributed by atoms with Gasteiger partial charge < -0.3 is 16.6 Å². The van der Waals surface area contributed by atoms with E-state index in [-0.39, 0.29) is 17.1 Å². The van der Waals surface area contributed by atoms with Gasteiger partial charge in [0.05, 0.1) is 0 Å². The number of hydrogen-bond donors (Lipinski definition) is 3. The topological polar surface area (TPSA) is 89.3 Å². The number of aliphatic carboxylic acids is 1. The van der Waals surface area contributed by atoms with Crippen molar-refractivity contribution < 1.29 is 27.0 Å². The second kappa shape index (κ2) is 16.0. The van der Waals surface area contributed by atoms with E-state index >= 15 is 0 Å². The molecule has 5 N–H and O–H groups in total. The van der Waals surface area contributed by atoms with Gasteiger partial charge in [-0.3, -0.25) is 4.79 Å². The molecule has 10 heavy (non-hydrogen) atoms. The maximum atomic E-state index is 9.00. The molecule has 0 aliphatic carbocycles. The Labute approximate surface area is 71.4 Å². The molecule has 0 unspecified atom stereocenters. The van der Waals surface area contributed by atoms with Crippen LogP contribution in [0.3, 0.4) is 0 Å². The zero-order valence-electron chi connectivity index (χ0n) is 5.93. The summed E-state index contributed by atoms with van der Waals surface area (Å²) in [5, 5.41) is 7.42. The summed E-state index contributed by atoms with van der Waals surface area (Å²) in [6.07, 6.45) is 0.944. The molecular weight excluding hydrogens is 184 g/mol. The van der Waals surface area contributed by atoms with Gasteiger partial charge in [-0.1, -0.05) is 0 Å². The normalized spacial score (nSPS) is 6.70. The van der Waals surface area contributed by atoms with Crippen LogP contribution in [0.15, 0.2) is 0 Å². The second-order valence-corrected chi connectivity index (χ2v) is 1.45. The van der Waals surface area contributed by atoms with Crippen LogP contribution in [0.4, 0.5) is 0 Å². The van der Waals surface area contributed by atoms with Crippen LogP contribution >= 0.6 is 0 Å². The number of carboxylic acid groups (broad SMARTS) is 1. The average molecular weight is 198 g/mol. The maximum absolute atomic E-state index is 9.00. The summed E-state index contributed by atoms with van der Waals surface area (Å²) >= 11 is 0. The molecule has 5 heteroatoms. The van der Waals surface area contributed by atoms with Gasteiger partial charge in [-0.25, -0.2) is 0 Å². The molecule has 0 aromatic rings. The predicted molar refractivity (Wildman–Crippen MR) is 36.0 cm³/mol. The summed E-state index contributed by atoms with van der Waals surface area (Å²) in [7, 11) is 0. The van der Waals surface area contributed by atoms with Crippen molar-refractivity contribution in [2.24, 2.45) is 11.5 Å². The Bertz CT molecular complexity index is 64.7. The van der Waals surface area contributed by atoms with E-state index in [0.29, 0.717) is 0 Å². The third kappa shape index (κ3) is 104. The average Bonchev–Trinajstić information content (AvgIpc) is 1.66. The molecule has 0 aliphatic rings. The van der Waals surface area contributed by atoms with E-state index in [0.717, 1.165) is 26.4 Å². The standard InChI is InChI=1S/C3H10N2.C2H4O2.Cu/c4-2-1-3-5;1-2(3)4;/h1-5H2;1H3,(H,3,4);. The molecule has 0 aliphatic heterocycles. The number of hydrogen-bond acceptors (Lipinski definition) is 3. The quantitative estimate of drug-likeness (QED) is 0.515. The van der Waals surface area contributed by atoms with Crippen LogP contribution in [0.2, 0.25) is 0 Å². The van der Waals surface area contributed by atoms with Crippen molar-refractivity contribution in [3.63, 3.8) is 0 Å². The molecule has 0 aromatic heterocycles. The van der Waals surface area contributed by atoms with Gasteiger partial charge in [0.1, 0.15) is 0 Å². The van der Waals surface area contributed by atoms with E-state index in [9.17, 15) is 0 Å². The third-order valence-electron chi connectivity index (χ3n) is 0.408. The van der Waals surface area contributed by atoms with Gasteiger partial charge in [0.25, 0.3) is 5.97 Å². The van der Waals surface area contributed by atoms with Crippen LogP contribution < -0.4 is 11.5 Å². The molecule has 4 nitrogen and oxygen atoms in total. The Kier molecular flexibility index (Phi) is 26.3. The van der Waals surface area contributed by atoms with Gasteiger partial charge in [0.15, 0.2) is 0 Å². The summed E-state index contributed by atoms with van der Waals surface area (Å²) in [5.74, 6) is -0.833. The zero-order valence-corrected chi connectivity index (χ0v) is 6.87. The molecule has 1 radical (unpaired) electrons. The minimum absolute atomic E-state index is 0. The molecule has 0 saturated carbocycles. The summed E-state index contributed by atoms with van der Waals surface area (Å²) in [6.45, 7) is 2.52. The van der Waals surface area contributed by atoms with Crippen LogP contribution in [0.5, 0.6) is 0 Å². The molecule has 0 fully saturated rings. The minimum Gasteiger partial charge on any atom is -0.481 e. The molecule has 0 aromatic carbocycles. The van der Waals surface area contributed by atoms with Crippen LogP contribution in [0, 0.1) is 0 Å². The predicted octanol–water partition coefficient (Wildman–Crippen LogP) is -0.618. The summed E-state index contributed by atoms with van der Waals surface area (Å²) < 4.78 is 0. The molecule has 0 bridgehead atoms. The molecule has 0 saturated heterocycles. The molecule has 0 spiro atoms. The number of carboxylic acids is 1. The Hall–Kier alpha value is -0.0905. The first kappa shape index (κ1) is 16.5. The Morgan fingerprint density at radius 1 is 1.40 bits per heavy atom. The SMILES string of the molecule is CC(=O)O.NCCCN.[Cu]. The largest absolute Gasteiger partial charge is 0.481 e. The fraction of sp³-hybridized carbons (Fsp3) is 0.800. The van der Waals surface area contributed by atoms with Crippen LogP contribution in [-0.2, 0) is 21.9 Å². The van der Waals surface area contributed by atoms with E-state index in [2.05, 4.69) is 0 Å².